The maximum atomic E-state index is 12.3. The van der Waals surface area contributed by atoms with Gasteiger partial charge in [-0.3, -0.25) is 9.59 Å². The number of anilines is 1. The lowest BCUT2D eigenvalue weighted by Gasteiger charge is -2.22. The molecule has 0 aromatic heterocycles. The van der Waals surface area contributed by atoms with E-state index in [1.807, 2.05) is 0 Å². The van der Waals surface area contributed by atoms with E-state index in [-0.39, 0.29) is 24.1 Å². The molecule has 2 aromatic carbocycles. The summed E-state index contributed by atoms with van der Waals surface area (Å²) >= 11 is 0. The summed E-state index contributed by atoms with van der Waals surface area (Å²) in [5.74, 6) is -0.230. The third-order valence-electron chi connectivity index (χ3n) is 3.42. The van der Waals surface area contributed by atoms with Crippen LogP contribution in [0.5, 0.6) is 5.75 Å². The molecule has 0 bridgehead atoms. The number of phenolic OH excluding ortho intramolecular Hbond substituents is 1. The SMILES string of the molecule is O=C1NCC(=O)N(Cc2ccc(O)cc2)c2ccccc21. The molecule has 0 saturated heterocycles. The molecule has 0 atom stereocenters. The van der Waals surface area contributed by atoms with Crippen LogP contribution in [0.1, 0.15) is 15.9 Å². The van der Waals surface area contributed by atoms with Gasteiger partial charge in [-0.05, 0) is 29.8 Å². The van der Waals surface area contributed by atoms with Crippen LogP contribution < -0.4 is 10.2 Å². The maximum absolute atomic E-state index is 12.3. The van der Waals surface area contributed by atoms with Gasteiger partial charge in [-0.1, -0.05) is 24.3 Å². The Labute approximate surface area is 121 Å². The molecule has 0 unspecified atom stereocenters. The summed E-state index contributed by atoms with van der Waals surface area (Å²) in [7, 11) is 0. The highest BCUT2D eigenvalue weighted by Crippen LogP contribution is 2.25. The minimum atomic E-state index is -0.243. The predicted octanol–water partition coefficient (Wildman–Crippen LogP) is 1.67. The van der Waals surface area contributed by atoms with Crippen LogP contribution in [0.4, 0.5) is 5.69 Å². The van der Waals surface area contributed by atoms with Crippen LogP contribution in [0.15, 0.2) is 48.5 Å². The molecule has 3 rings (SSSR count). The highest BCUT2D eigenvalue weighted by molar-refractivity contribution is 6.09. The van der Waals surface area contributed by atoms with Gasteiger partial charge in [0.05, 0.1) is 24.3 Å². The summed E-state index contributed by atoms with van der Waals surface area (Å²) in [6, 6.07) is 13.7. The van der Waals surface area contributed by atoms with Gasteiger partial charge in [0.15, 0.2) is 0 Å². The first-order valence-electron chi connectivity index (χ1n) is 6.60. The lowest BCUT2D eigenvalue weighted by Crippen LogP contribution is -2.36. The minimum absolute atomic E-state index is 0.0222. The predicted molar refractivity (Wildman–Crippen MR) is 78.1 cm³/mol. The Morgan fingerprint density at radius 2 is 1.76 bits per heavy atom. The van der Waals surface area contributed by atoms with Gasteiger partial charge < -0.3 is 15.3 Å². The minimum Gasteiger partial charge on any atom is -0.508 e. The summed E-state index contributed by atoms with van der Waals surface area (Å²) in [5, 5.41) is 11.9. The summed E-state index contributed by atoms with van der Waals surface area (Å²) in [6.07, 6.45) is 0. The molecule has 21 heavy (non-hydrogen) atoms. The van der Waals surface area contributed by atoms with Crippen LogP contribution in [0.2, 0.25) is 0 Å². The van der Waals surface area contributed by atoms with Crippen molar-refractivity contribution in [3.05, 3.63) is 59.7 Å². The van der Waals surface area contributed by atoms with Gasteiger partial charge >= 0.3 is 0 Å². The highest BCUT2D eigenvalue weighted by Gasteiger charge is 2.25. The summed E-state index contributed by atoms with van der Waals surface area (Å²) < 4.78 is 0. The second kappa shape index (κ2) is 5.28. The maximum Gasteiger partial charge on any atom is 0.253 e. The molecule has 0 saturated carbocycles. The number of carbonyl (C=O) groups is 2. The molecule has 2 N–H and O–H groups in total. The third kappa shape index (κ3) is 2.58. The van der Waals surface area contributed by atoms with E-state index in [0.717, 1.165) is 5.56 Å². The number of nitrogens with one attached hydrogen (secondary N) is 1. The van der Waals surface area contributed by atoms with Gasteiger partial charge in [-0.2, -0.15) is 0 Å². The zero-order valence-corrected chi connectivity index (χ0v) is 11.2. The first-order valence-corrected chi connectivity index (χ1v) is 6.60. The van der Waals surface area contributed by atoms with Crippen molar-refractivity contribution in [3.63, 3.8) is 0 Å². The van der Waals surface area contributed by atoms with Crippen molar-refractivity contribution >= 4 is 17.5 Å². The molecule has 5 nitrogen and oxygen atoms in total. The van der Waals surface area contributed by atoms with Gasteiger partial charge in [0.1, 0.15) is 5.75 Å². The quantitative estimate of drug-likeness (QED) is 0.880. The molecule has 2 aromatic rings. The molecule has 5 heteroatoms. The van der Waals surface area contributed by atoms with Crippen molar-refractivity contribution < 1.29 is 14.7 Å². The largest absolute Gasteiger partial charge is 0.508 e. The number of para-hydroxylation sites is 1. The van der Waals surface area contributed by atoms with Crippen molar-refractivity contribution in [2.45, 2.75) is 6.54 Å². The van der Waals surface area contributed by atoms with Crippen LogP contribution in [-0.4, -0.2) is 23.5 Å². The molecule has 1 heterocycles. The van der Waals surface area contributed by atoms with Gasteiger partial charge in [0, 0.05) is 0 Å². The standard InChI is InChI=1S/C16H14N2O3/c19-12-7-5-11(6-8-12)10-18-14-4-2-1-3-13(14)16(21)17-9-15(18)20/h1-8,19H,9-10H2,(H,17,21). The van der Waals surface area contributed by atoms with E-state index in [0.29, 0.717) is 17.8 Å². The fraction of sp³-hybridized carbons (Fsp3) is 0.125. The molecule has 0 fully saturated rings. The van der Waals surface area contributed by atoms with Crippen LogP contribution in [0, 0.1) is 0 Å². The molecular weight excluding hydrogens is 268 g/mol. The number of nitrogens with zero attached hydrogens (tertiary/aromatic N) is 1. The normalized spacial score (nSPS) is 14.4. The van der Waals surface area contributed by atoms with Crippen molar-refractivity contribution in [1.29, 1.82) is 0 Å². The molecule has 1 aliphatic heterocycles. The Balaban J connectivity index is 1.99. The van der Waals surface area contributed by atoms with Crippen molar-refractivity contribution in [2.75, 3.05) is 11.4 Å². The van der Waals surface area contributed by atoms with Crippen molar-refractivity contribution in [2.24, 2.45) is 0 Å². The second-order valence-corrected chi connectivity index (χ2v) is 4.85. The smallest absolute Gasteiger partial charge is 0.253 e. The molecule has 0 spiro atoms. The zero-order valence-electron chi connectivity index (χ0n) is 11.2. The number of benzene rings is 2. The van der Waals surface area contributed by atoms with Gasteiger partial charge in [0.25, 0.3) is 5.91 Å². The number of rotatable bonds is 2. The van der Waals surface area contributed by atoms with Gasteiger partial charge in [-0.25, -0.2) is 0 Å². The summed E-state index contributed by atoms with van der Waals surface area (Å²) in [5.41, 5.74) is 1.97. The molecular formula is C16H14N2O3. The van der Waals surface area contributed by atoms with E-state index in [9.17, 15) is 14.7 Å². The van der Waals surface area contributed by atoms with Crippen molar-refractivity contribution in [1.82, 2.24) is 5.32 Å². The lowest BCUT2D eigenvalue weighted by atomic mass is 10.1. The Hall–Kier alpha value is -2.82. The van der Waals surface area contributed by atoms with Crippen LogP contribution in [-0.2, 0) is 11.3 Å². The van der Waals surface area contributed by atoms with E-state index in [1.165, 1.54) is 0 Å². The molecule has 2 amide bonds. The number of aromatic hydroxyl groups is 1. The zero-order chi connectivity index (χ0) is 14.8. The summed E-state index contributed by atoms with van der Waals surface area (Å²) in [4.78, 5) is 25.8. The van der Waals surface area contributed by atoms with Gasteiger partial charge in [-0.15, -0.1) is 0 Å². The number of fused-ring (bicyclic) bond motifs is 1. The number of amides is 2. The van der Waals surface area contributed by atoms with E-state index in [1.54, 1.807) is 53.4 Å². The Bertz CT molecular complexity index is 695. The van der Waals surface area contributed by atoms with Crippen LogP contribution in [0.3, 0.4) is 0 Å². The fourth-order valence-electron chi connectivity index (χ4n) is 2.34. The summed E-state index contributed by atoms with van der Waals surface area (Å²) in [6.45, 7) is 0.330. The second-order valence-electron chi connectivity index (χ2n) is 4.85. The molecule has 0 aliphatic carbocycles. The van der Waals surface area contributed by atoms with Gasteiger partial charge in [0.2, 0.25) is 5.91 Å². The topological polar surface area (TPSA) is 69.6 Å². The monoisotopic (exact) mass is 282 g/mol. The lowest BCUT2D eigenvalue weighted by molar-refractivity contribution is -0.117. The third-order valence-corrected chi connectivity index (χ3v) is 3.42. The number of hydrogen-bond acceptors (Lipinski definition) is 3. The van der Waals surface area contributed by atoms with E-state index in [2.05, 4.69) is 5.32 Å². The van der Waals surface area contributed by atoms with E-state index < -0.39 is 0 Å². The van der Waals surface area contributed by atoms with E-state index in [4.69, 9.17) is 0 Å². The average Bonchev–Trinajstić information content (AvgIpc) is 2.62. The molecule has 106 valence electrons. The Kier molecular flexibility index (Phi) is 3.31. The number of hydrogen-bond donors (Lipinski definition) is 2. The average molecular weight is 282 g/mol. The molecule has 0 radical (unpaired) electrons. The van der Waals surface area contributed by atoms with E-state index >= 15 is 0 Å². The Morgan fingerprint density at radius 1 is 1.05 bits per heavy atom. The Morgan fingerprint density at radius 3 is 2.52 bits per heavy atom. The van der Waals surface area contributed by atoms with Crippen molar-refractivity contribution in [3.8, 4) is 5.75 Å². The van der Waals surface area contributed by atoms with Crippen LogP contribution in [0.25, 0.3) is 0 Å². The highest BCUT2D eigenvalue weighted by atomic mass is 16.3. The first-order chi connectivity index (χ1) is 10.1. The number of carbonyl (C=O) groups excluding carboxylic acids is 2. The number of phenols is 1. The fourth-order valence-corrected chi connectivity index (χ4v) is 2.34. The first kappa shape index (κ1) is 13.2. The molecule has 1 aliphatic rings. The van der Waals surface area contributed by atoms with Crippen LogP contribution >= 0.6 is 0 Å².